The highest BCUT2D eigenvalue weighted by Gasteiger charge is 2.06. The predicted octanol–water partition coefficient (Wildman–Crippen LogP) is 2.78. The SMILES string of the molecule is CC(C)C(=O)NCc1ccc(Br)s1. The number of carbonyl (C=O) groups is 1. The van der Waals surface area contributed by atoms with Crippen LogP contribution >= 0.6 is 27.3 Å². The molecule has 0 saturated heterocycles. The number of thiophene rings is 1. The monoisotopic (exact) mass is 261 g/mol. The molecule has 13 heavy (non-hydrogen) atoms. The first-order chi connectivity index (χ1) is 6.09. The lowest BCUT2D eigenvalue weighted by atomic mass is 10.2. The van der Waals surface area contributed by atoms with Gasteiger partial charge in [0.1, 0.15) is 0 Å². The van der Waals surface area contributed by atoms with Crippen molar-refractivity contribution in [3.05, 3.63) is 20.8 Å². The molecule has 0 bridgehead atoms. The van der Waals surface area contributed by atoms with Crippen molar-refractivity contribution in [1.82, 2.24) is 5.32 Å². The lowest BCUT2D eigenvalue weighted by Gasteiger charge is -2.05. The molecule has 0 aliphatic rings. The molecule has 0 aliphatic carbocycles. The Kier molecular flexibility index (Phi) is 3.93. The van der Waals surface area contributed by atoms with Gasteiger partial charge in [0.25, 0.3) is 0 Å². The Morgan fingerprint density at radius 2 is 2.31 bits per heavy atom. The summed E-state index contributed by atoms with van der Waals surface area (Å²) in [7, 11) is 0. The number of rotatable bonds is 3. The standard InChI is InChI=1S/C9H12BrNOS/c1-6(2)9(12)11-5-7-3-4-8(10)13-7/h3-4,6H,5H2,1-2H3,(H,11,12). The maximum atomic E-state index is 11.2. The molecule has 1 aromatic heterocycles. The molecule has 1 heterocycles. The fourth-order valence-electron chi connectivity index (χ4n) is 0.825. The summed E-state index contributed by atoms with van der Waals surface area (Å²) in [6.45, 7) is 4.41. The minimum absolute atomic E-state index is 0.0587. The predicted molar refractivity (Wildman–Crippen MR) is 58.7 cm³/mol. The van der Waals surface area contributed by atoms with Crippen molar-refractivity contribution in [1.29, 1.82) is 0 Å². The number of carbonyl (C=O) groups excluding carboxylic acids is 1. The molecule has 1 aromatic rings. The minimum atomic E-state index is 0.0587. The Balaban J connectivity index is 2.39. The molecule has 0 radical (unpaired) electrons. The molecule has 1 N–H and O–H groups in total. The van der Waals surface area contributed by atoms with Gasteiger partial charge in [-0.15, -0.1) is 11.3 Å². The Hall–Kier alpha value is -0.350. The van der Waals surface area contributed by atoms with E-state index in [0.717, 1.165) is 3.79 Å². The van der Waals surface area contributed by atoms with Gasteiger partial charge in [-0.2, -0.15) is 0 Å². The summed E-state index contributed by atoms with van der Waals surface area (Å²) in [6, 6.07) is 4.00. The largest absolute Gasteiger partial charge is 0.351 e. The third-order valence-corrected chi connectivity index (χ3v) is 3.21. The van der Waals surface area contributed by atoms with Crippen LogP contribution in [0.3, 0.4) is 0 Å². The Morgan fingerprint density at radius 1 is 1.62 bits per heavy atom. The third kappa shape index (κ3) is 3.48. The molecule has 0 atom stereocenters. The van der Waals surface area contributed by atoms with E-state index in [0.29, 0.717) is 6.54 Å². The van der Waals surface area contributed by atoms with Gasteiger partial charge in [-0.3, -0.25) is 4.79 Å². The van der Waals surface area contributed by atoms with Crippen molar-refractivity contribution in [2.24, 2.45) is 5.92 Å². The van der Waals surface area contributed by atoms with E-state index in [4.69, 9.17) is 0 Å². The maximum absolute atomic E-state index is 11.2. The second-order valence-electron chi connectivity index (χ2n) is 3.08. The smallest absolute Gasteiger partial charge is 0.222 e. The highest BCUT2D eigenvalue weighted by Crippen LogP contribution is 2.21. The van der Waals surface area contributed by atoms with Crippen molar-refractivity contribution < 1.29 is 4.79 Å². The second kappa shape index (κ2) is 4.77. The molecule has 72 valence electrons. The third-order valence-electron chi connectivity index (χ3n) is 1.59. The van der Waals surface area contributed by atoms with Gasteiger partial charge < -0.3 is 5.32 Å². The van der Waals surface area contributed by atoms with Crippen molar-refractivity contribution >= 4 is 33.2 Å². The van der Waals surface area contributed by atoms with Crippen LogP contribution in [0.4, 0.5) is 0 Å². The van der Waals surface area contributed by atoms with Crippen LogP contribution in [-0.2, 0) is 11.3 Å². The molecular weight excluding hydrogens is 250 g/mol. The first-order valence-electron chi connectivity index (χ1n) is 4.11. The lowest BCUT2D eigenvalue weighted by Crippen LogP contribution is -2.26. The van der Waals surface area contributed by atoms with Crippen molar-refractivity contribution in [3.8, 4) is 0 Å². The van der Waals surface area contributed by atoms with Gasteiger partial charge in [0.05, 0.1) is 10.3 Å². The minimum Gasteiger partial charge on any atom is -0.351 e. The lowest BCUT2D eigenvalue weighted by molar-refractivity contribution is -0.124. The molecule has 0 fully saturated rings. The number of hydrogen-bond acceptors (Lipinski definition) is 2. The maximum Gasteiger partial charge on any atom is 0.222 e. The molecule has 2 nitrogen and oxygen atoms in total. The van der Waals surface area contributed by atoms with Crippen LogP contribution < -0.4 is 5.32 Å². The summed E-state index contributed by atoms with van der Waals surface area (Å²) in [5.74, 6) is 0.160. The molecule has 0 spiro atoms. The van der Waals surface area contributed by atoms with E-state index in [1.165, 1.54) is 4.88 Å². The number of nitrogens with one attached hydrogen (secondary N) is 1. The first-order valence-corrected chi connectivity index (χ1v) is 5.72. The van der Waals surface area contributed by atoms with E-state index in [9.17, 15) is 4.79 Å². The van der Waals surface area contributed by atoms with Crippen LogP contribution in [0.5, 0.6) is 0 Å². The number of halogens is 1. The number of hydrogen-bond donors (Lipinski definition) is 1. The van der Waals surface area contributed by atoms with Crippen LogP contribution in [0, 0.1) is 5.92 Å². The van der Waals surface area contributed by atoms with E-state index in [1.807, 2.05) is 26.0 Å². The fraction of sp³-hybridized carbons (Fsp3) is 0.444. The van der Waals surface area contributed by atoms with Crippen LogP contribution in [0.25, 0.3) is 0 Å². The van der Waals surface area contributed by atoms with Crippen molar-refractivity contribution in [3.63, 3.8) is 0 Å². The molecule has 0 saturated carbocycles. The zero-order chi connectivity index (χ0) is 9.84. The van der Waals surface area contributed by atoms with Gasteiger partial charge in [-0.1, -0.05) is 13.8 Å². The Morgan fingerprint density at radius 3 is 2.77 bits per heavy atom. The zero-order valence-corrected chi connectivity index (χ0v) is 10.0. The normalized spacial score (nSPS) is 10.5. The molecule has 1 rings (SSSR count). The zero-order valence-electron chi connectivity index (χ0n) is 7.63. The Bertz CT molecular complexity index is 296. The number of amides is 1. The summed E-state index contributed by atoms with van der Waals surface area (Å²) >= 11 is 5.02. The van der Waals surface area contributed by atoms with Crippen molar-refractivity contribution in [2.75, 3.05) is 0 Å². The van der Waals surface area contributed by atoms with E-state index in [-0.39, 0.29) is 11.8 Å². The molecule has 4 heteroatoms. The van der Waals surface area contributed by atoms with E-state index >= 15 is 0 Å². The molecule has 0 aromatic carbocycles. The molecule has 0 unspecified atom stereocenters. The highest BCUT2D eigenvalue weighted by atomic mass is 79.9. The summed E-state index contributed by atoms with van der Waals surface area (Å²) in [5, 5.41) is 2.86. The van der Waals surface area contributed by atoms with Crippen LogP contribution in [0.1, 0.15) is 18.7 Å². The average molecular weight is 262 g/mol. The van der Waals surface area contributed by atoms with Crippen molar-refractivity contribution in [2.45, 2.75) is 20.4 Å². The molecule has 1 amide bonds. The van der Waals surface area contributed by atoms with Gasteiger partial charge in [0.2, 0.25) is 5.91 Å². The van der Waals surface area contributed by atoms with Crippen LogP contribution in [0.2, 0.25) is 0 Å². The van der Waals surface area contributed by atoms with E-state index < -0.39 is 0 Å². The molecule has 0 aliphatic heterocycles. The summed E-state index contributed by atoms with van der Waals surface area (Å²) in [4.78, 5) is 12.4. The second-order valence-corrected chi connectivity index (χ2v) is 5.63. The van der Waals surface area contributed by atoms with Crippen LogP contribution in [0.15, 0.2) is 15.9 Å². The summed E-state index contributed by atoms with van der Waals surface area (Å²) in [6.07, 6.45) is 0. The quantitative estimate of drug-likeness (QED) is 0.891. The topological polar surface area (TPSA) is 29.1 Å². The van der Waals surface area contributed by atoms with Gasteiger partial charge in [-0.25, -0.2) is 0 Å². The van der Waals surface area contributed by atoms with E-state index in [1.54, 1.807) is 11.3 Å². The fourth-order valence-corrected chi connectivity index (χ4v) is 2.25. The van der Waals surface area contributed by atoms with Crippen LogP contribution in [-0.4, -0.2) is 5.91 Å². The van der Waals surface area contributed by atoms with Gasteiger partial charge >= 0.3 is 0 Å². The van der Waals surface area contributed by atoms with Gasteiger partial charge in [0, 0.05) is 10.8 Å². The van der Waals surface area contributed by atoms with Gasteiger partial charge in [-0.05, 0) is 28.1 Å². The summed E-state index contributed by atoms with van der Waals surface area (Å²) < 4.78 is 1.10. The highest BCUT2D eigenvalue weighted by molar-refractivity contribution is 9.11. The Labute approximate surface area is 90.5 Å². The van der Waals surface area contributed by atoms with E-state index in [2.05, 4.69) is 21.2 Å². The molecular formula is C9H12BrNOS. The van der Waals surface area contributed by atoms with Gasteiger partial charge in [0.15, 0.2) is 0 Å². The average Bonchev–Trinajstić information content (AvgIpc) is 2.47. The summed E-state index contributed by atoms with van der Waals surface area (Å²) in [5.41, 5.74) is 0. The first kappa shape index (κ1) is 10.7.